The molecule has 0 bridgehead atoms. The minimum Gasteiger partial charge on any atom is -0.464 e. The van der Waals surface area contributed by atoms with Crippen molar-refractivity contribution in [2.24, 2.45) is 0 Å². The molecule has 0 unspecified atom stereocenters. The van der Waals surface area contributed by atoms with Gasteiger partial charge in [-0.2, -0.15) is 11.8 Å². The number of nitrogens with one attached hydrogen (secondary N) is 1. The van der Waals surface area contributed by atoms with Crippen LogP contribution in [-0.2, 0) is 12.3 Å². The Morgan fingerprint density at radius 2 is 1.94 bits per heavy atom. The van der Waals surface area contributed by atoms with Crippen LogP contribution in [0.4, 0.5) is 0 Å². The Morgan fingerprint density at radius 3 is 2.53 bits per heavy atom. The Morgan fingerprint density at radius 1 is 1.29 bits per heavy atom. The molecule has 0 aliphatic carbocycles. The van der Waals surface area contributed by atoms with E-state index < -0.39 is 5.60 Å². The average molecular weight is 257 g/mol. The Bertz CT molecular complexity index is 321. The van der Waals surface area contributed by atoms with Gasteiger partial charge in [0.25, 0.3) is 0 Å². The van der Waals surface area contributed by atoms with E-state index in [2.05, 4.69) is 11.6 Å². The SMILES string of the molecule is CCC(O)(CC)CNCc1ccc(CSC)o1. The van der Waals surface area contributed by atoms with Gasteiger partial charge in [0.15, 0.2) is 0 Å². The van der Waals surface area contributed by atoms with E-state index in [0.29, 0.717) is 13.1 Å². The molecule has 3 nitrogen and oxygen atoms in total. The highest BCUT2D eigenvalue weighted by Crippen LogP contribution is 2.15. The van der Waals surface area contributed by atoms with E-state index >= 15 is 0 Å². The van der Waals surface area contributed by atoms with Crippen LogP contribution in [0.15, 0.2) is 16.5 Å². The van der Waals surface area contributed by atoms with Gasteiger partial charge in [-0.05, 0) is 31.2 Å². The summed E-state index contributed by atoms with van der Waals surface area (Å²) in [6.45, 7) is 5.30. The topological polar surface area (TPSA) is 45.4 Å². The largest absolute Gasteiger partial charge is 0.464 e. The van der Waals surface area contributed by atoms with Crippen LogP contribution in [0.2, 0.25) is 0 Å². The third kappa shape index (κ3) is 4.74. The van der Waals surface area contributed by atoms with Crippen molar-refractivity contribution in [3.8, 4) is 0 Å². The maximum absolute atomic E-state index is 10.1. The number of thioether (sulfide) groups is 1. The molecule has 17 heavy (non-hydrogen) atoms. The lowest BCUT2D eigenvalue weighted by atomic mass is 9.98. The van der Waals surface area contributed by atoms with Crippen LogP contribution in [0.25, 0.3) is 0 Å². The lowest BCUT2D eigenvalue weighted by Crippen LogP contribution is -2.39. The third-order valence-electron chi connectivity index (χ3n) is 3.07. The highest BCUT2D eigenvalue weighted by Gasteiger charge is 2.21. The lowest BCUT2D eigenvalue weighted by Gasteiger charge is -2.25. The van der Waals surface area contributed by atoms with Gasteiger partial charge in [-0.25, -0.2) is 0 Å². The van der Waals surface area contributed by atoms with Crippen molar-refractivity contribution in [2.75, 3.05) is 12.8 Å². The Kier molecular flexibility index (Phi) is 6.09. The zero-order valence-electron chi connectivity index (χ0n) is 11.0. The van der Waals surface area contributed by atoms with Gasteiger partial charge < -0.3 is 14.8 Å². The molecule has 0 saturated heterocycles. The van der Waals surface area contributed by atoms with E-state index in [1.807, 2.05) is 26.0 Å². The van der Waals surface area contributed by atoms with Crippen molar-refractivity contribution in [3.05, 3.63) is 23.7 Å². The van der Waals surface area contributed by atoms with Crippen LogP contribution in [0.1, 0.15) is 38.2 Å². The molecule has 0 spiro atoms. The van der Waals surface area contributed by atoms with E-state index in [4.69, 9.17) is 4.42 Å². The van der Waals surface area contributed by atoms with Gasteiger partial charge in [0.2, 0.25) is 0 Å². The van der Waals surface area contributed by atoms with Crippen LogP contribution >= 0.6 is 11.8 Å². The summed E-state index contributed by atoms with van der Waals surface area (Å²) in [6.07, 6.45) is 3.60. The molecule has 0 radical (unpaired) electrons. The van der Waals surface area contributed by atoms with Crippen molar-refractivity contribution in [3.63, 3.8) is 0 Å². The van der Waals surface area contributed by atoms with E-state index in [-0.39, 0.29) is 0 Å². The van der Waals surface area contributed by atoms with E-state index in [0.717, 1.165) is 30.1 Å². The summed E-state index contributed by atoms with van der Waals surface area (Å²) in [5.74, 6) is 2.85. The second-order valence-electron chi connectivity index (χ2n) is 4.34. The molecule has 0 aliphatic heterocycles. The van der Waals surface area contributed by atoms with Gasteiger partial charge in [-0.15, -0.1) is 0 Å². The highest BCUT2D eigenvalue weighted by atomic mass is 32.2. The molecule has 2 N–H and O–H groups in total. The fraction of sp³-hybridized carbons (Fsp3) is 0.692. The van der Waals surface area contributed by atoms with Gasteiger partial charge in [-0.1, -0.05) is 13.8 Å². The summed E-state index contributed by atoms with van der Waals surface area (Å²) in [5.41, 5.74) is -0.589. The number of furan rings is 1. The summed E-state index contributed by atoms with van der Waals surface area (Å²) in [5, 5.41) is 13.3. The first-order chi connectivity index (χ1) is 8.13. The van der Waals surface area contributed by atoms with Gasteiger partial charge >= 0.3 is 0 Å². The second-order valence-corrected chi connectivity index (χ2v) is 5.20. The highest BCUT2D eigenvalue weighted by molar-refractivity contribution is 7.97. The number of hydrogen-bond acceptors (Lipinski definition) is 4. The van der Waals surface area contributed by atoms with Gasteiger partial charge in [0.05, 0.1) is 17.9 Å². The Balaban J connectivity index is 2.34. The minimum atomic E-state index is -0.589. The molecule has 98 valence electrons. The molecule has 0 aliphatic rings. The third-order valence-corrected chi connectivity index (χ3v) is 3.65. The summed E-state index contributed by atoms with van der Waals surface area (Å²) < 4.78 is 5.64. The fourth-order valence-electron chi connectivity index (χ4n) is 1.66. The fourth-order valence-corrected chi connectivity index (χ4v) is 2.10. The first-order valence-corrected chi connectivity index (χ1v) is 7.52. The number of hydrogen-bond donors (Lipinski definition) is 2. The predicted octanol–water partition coefficient (Wildman–Crippen LogP) is 2.78. The normalized spacial score (nSPS) is 12.0. The minimum absolute atomic E-state index is 0.589. The Hall–Kier alpha value is -0.450. The van der Waals surface area contributed by atoms with Crippen LogP contribution in [0.3, 0.4) is 0 Å². The summed E-state index contributed by atoms with van der Waals surface area (Å²) in [7, 11) is 0. The number of aliphatic hydroxyl groups is 1. The standard InChI is InChI=1S/C13H23NO2S/c1-4-13(15,5-2)10-14-8-11-6-7-12(16-11)9-17-3/h6-7,14-15H,4-5,8-10H2,1-3H3. The molecule has 4 heteroatoms. The van der Waals surface area contributed by atoms with E-state index in [9.17, 15) is 5.11 Å². The summed E-state index contributed by atoms with van der Waals surface area (Å²) >= 11 is 1.75. The summed E-state index contributed by atoms with van der Waals surface area (Å²) in [4.78, 5) is 0. The molecular formula is C13H23NO2S. The Labute approximate surface area is 108 Å². The molecule has 0 fully saturated rings. The quantitative estimate of drug-likeness (QED) is 0.751. The van der Waals surface area contributed by atoms with Gasteiger partial charge in [0.1, 0.15) is 11.5 Å². The lowest BCUT2D eigenvalue weighted by molar-refractivity contribution is 0.0319. The van der Waals surface area contributed by atoms with Crippen LogP contribution in [0.5, 0.6) is 0 Å². The van der Waals surface area contributed by atoms with Crippen molar-refractivity contribution >= 4 is 11.8 Å². The zero-order valence-corrected chi connectivity index (χ0v) is 11.8. The molecule has 1 heterocycles. The maximum Gasteiger partial charge on any atom is 0.118 e. The van der Waals surface area contributed by atoms with Gasteiger partial charge in [-0.3, -0.25) is 0 Å². The second kappa shape index (κ2) is 7.09. The first kappa shape index (κ1) is 14.6. The average Bonchev–Trinajstić information content (AvgIpc) is 2.77. The molecule has 0 aromatic carbocycles. The maximum atomic E-state index is 10.1. The van der Waals surface area contributed by atoms with Crippen molar-refractivity contribution < 1.29 is 9.52 Å². The number of rotatable bonds is 8. The predicted molar refractivity (Wildman–Crippen MR) is 73.2 cm³/mol. The van der Waals surface area contributed by atoms with Crippen LogP contribution in [-0.4, -0.2) is 23.5 Å². The van der Waals surface area contributed by atoms with Crippen molar-refractivity contribution in [1.29, 1.82) is 0 Å². The van der Waals surface area contributed by atoms with Crippen LogP contribution in [0, 0.1) is 0 Å². The van der Waals surface area contributed by atoms with Crippen LogP contribution < -0.4 is 5.32 Å². The van der Waals surface area contributed by atoms with E-state index in [1.165, 1.54) is 0 Å². The van der Waals surface area contributed by atoms with E-state index in [1.54, 1.807) is 11.8 Å². The zero-order chi connectivity index (χ0) is 12.7. The molecule has 1 aromatic rings. The smallest absolute Gasteiger partial charge is 0.118 e. The molecule has 1 rings (SSSR count). The molecule has 0 amide bonds. The monoisotopic (exact) mass is 257 g/mol. The van der Waals surface area contributed by atoms with Crippen molar-refractivity contribution in [1.82, 2.24) is 5.32 Å². The molecular weight excluding hydrogens is 234 g/mol. The van der Waals surface area contributed by atoms with Gasteiger partial charge in [0, 0.05) is 6.54 Å². The molecule has 0 saturated carbocycles. The summed E-state index contributed by atoms with van der Waals surface area (Å²) in [6, 6.07) is 4.01. The molecule has 0 atom stereocenters. The van der Waals surface area contributed by atoms with Crippen molar-refractivity contribution in [2.45, 2.75) is 44.6 Å². The molecule has 1 aromatic heterocycles. The first-order valence-electron chi connectivity index (χ1n) is 6.13.